The Morgan fingerprint density at radius 2 is 1.67 bits per heavy atom. The van der Waals surface area contributed by atoms with Crippen molar-refractivity contribution in [2.24, 2.45) is 0 Å². The van der Waals surface area contributed by atoms with E-state index in [0.717, 1.165) is 27.6 Å². The highest BCUT2D eigenvalue weighted by atomic mass is 16.3. The lowest BCUT2D eigenvalue weighted by molar-refractivity contribution is 0.283. The quantitative estimate of drug-likeness (QED) is 0.738. The number of benzene rings is 2. The van der Waals surface area contributed by atoms with Crippen LogP contribution in [0.2, 0.25) is 0 Å². The standard InChI is InChI=1S/C16H13NO/c18-11-13-7-4-8-15-14(13)9-10-17-16(15)12-5-2-1-3-6-12/h1-10,18H,11H2. The SMILES string of the molecule is OCc1cccc2c(-c3ccccc3)nccc12. The average Bonchev–Trinajstić information content (AvgIpc) is 2.47. The maximum Gasteiger partial charge on any atom is 0.0780 e. The van der Waals surface area contributed by atoms with Crippen molar-refractivity contribution in [2.45, 2.75) is 6.61 Å². The summed E-state index contributed by atoms with van der Waals surface area (Å²) in [6.07, 6.45) is 1.80. The monoisotopic (exact) mass is 235 g/mol. The van der Waals surface area contributed by atoms with Gasteiger partial charge in [0, 0.05) is 17.1 Å². The third-order valence-electron chi connectivity index (χ3n) is 3.11. The van der Waals surface area contributed by atoms with E-state index in [1.54, 1.807) is 6.20 Å². The molecular weight excluding hydrogens is 222 g/mol. The lowest BCUT2D eigenvalue weighted by atomic mass is 10.0. The van der Waals surface area contributed by atoms with Crippen LogP contribution in [-0.4, -0.2) is 10.1 Å². The molecule has 0 aliphatic rings. The maximum absolute atomic E-state index is 9.38. The van der Waals surface area contributed by atoms with Crippen molar-refractivity contribution in [1.29, 1.82) is 0 Å². The van der Waals surface area contributed by atoms with Crippen LogP contribution in [0.5, 0.6) is 0 Å². The molecule has 0 fully saturated rings. The second-order valence-electron chi connectivity index (χ2n) is 4.20. The Labute approximate surface area is 106 Å². The van der Waals surface area contributed by atoms with Crippen LogP contribution in [0.15, 0.2) is 60.8 Å². The molecule has 0 amide bonds. The van der Waals surface area contributed by atoms with Crippen LogP contribution in [0.1, 0.15) is 5.56 Å². The van der Waals surface area contributed by atoms with Gasteiger partial charge in [-0.1, -0.05) is 48.5 Å². The number of fused-ring (bicyclic) bond motifs is 1. The highest BCUT2D eigenvalue weighted by Gasteiger charge is 2.06. The van der Waals surface area contributed by atoms with E-state index in [1.165, 1.54) is 0 Å². The minimum atomic E-state index is 0.0512. The molecule has 0 bridgehead atoms. The van der Waals surface area contributed by atoms with Crippen molar-refractivity contribution in [1.82, 2.24) is 4.98 Å². The van der Waals surface area contributed by atoms with Gasteiger partial charge in [0.05, 0.1) is 12.3 Å². The summed E-state index contributed by atoms with van der Waals surface area (Å²) in [6, 6.07) is 18.0. The highest BCUT2D eigenvalue weighted by Crippen LogP contribution is 2.28. The first-order chi connectivity index (χ1) is 8.90. The normalized spacial score (nSPS) is 10.7. The predicted octanol–water partition coefficient (Wildman–Crippen LogP) is 3.39. The van der Waals surface area contributed by atoms with E-state index in [2.05, 4.69) is 4.98 Å². The average molecular weight is 235 g/mol. The number of hydrogen-bond donors (Lipinski definition) is 1. The molecule has 1 aromatic heterocycles. The Balaban J connectivity index is 2.32. The Bertz CT molecular complexity index is 677. The molecule has 0 aliphatic heterocycles. The molecule has 88 valence electrons. The molecule has 0 aliphatic carbocycles. The minimum absolute atomic E-state index is 0.0512. The third-order valence-corrected chi connectivity index (χ3v) is 3.11. The van der Waals surface area contributed by atoms with Gasteiger partial charge in [-0.2, -0.15) is 0 Å². The summed E-state index contributed by atoms with van der Waals surface area (Å²) in [6.45, 7) is 0.0512. The van der Waals surface area contributed by atoms with Crippen LogP contribution in [0, 0.1) is 0 Å². The Morgan fingerprint density at radius 3 is 2.44 bits per heavy atom. The van der Waals surface area contributed by atoms with Crippen LogP contribution in [0.25, 0.3) is 22.0 Å². The zero-order chi connectivity index (χ0) is 12.4. The maximum atomic E-state index is 9.38. The highest BCUT2D eigenvalue weighted by molar-refractivity contribution is 5.96. The summed E-state index contributed by atoms with van der Waals surface area (Å²) in [5.74, 6) is 0. The Kier molecular flexibility index (Phi) is 2.79. The van der Waals surface area contributed by atoms with E-state index in [1.807, 2.05) is 54.6 Å². The van der Waals surface area contributed by atoms with Crippen molar-refractivity contribution in [3.8, 4) is 11.3 Å². The number of aliphatic hydroxyl groups excluding tert-OH is 1. The van der Waals surface area contributed by atoms with E-state index in [0.29, 0.717) is 0 Å². The van der Waals surface area contributed by atoms with Gasteiger partial charge in [-0.25, -0.2) is 0 Å². The Hall–Kier alpha value is -2.19. The molecule has 0 unspecified atom stereocenters. The lowest BCUT2D eigenvalue weighted by Gasteiger charge is -2.08. The van der Waals surface area contributed by atoms with E-state index in [-0.39, 0.29) is 6.61 Å². The number of nitrogens with zero attached hydrogens (tertiary/aromatic N) is 1. The third kappa shape index (κ3) is 1.77. The first-order valence-electron chi connectivity index (χ1n) is 5.93. The van der Waals surface area contributed by atoms with Gasteiger partial charge in [-0.15, -0.1) is 0 Å². The largest absolute Gasteiger partial charge is 0.392 e. The van der Waals surface area contributed by atoms with E-state index < -0.39 is 0 Å². The number of rotatable bonds is 2. The summed E-state index contributed by atoms with van der Waals surface area (Å²) in [4.78, 5) is 4.47. The zero-order valence-corrected chi connectivity index (χ0v) is 9.88. The van der Waals surface area contributed by atoms with Crippen molar-refractivity contribution in [3.63, 3.8) is 0 Å². The zero-order valence-electron chi connectivity index (χ0n) is 9.88. The van der Waals surface area contributed by atoms with E-state index in [4.69, 9.17) is 0 Å². The number of aliphatic hydroxyl groups is 1. The molecule has 1 heterocycles. The fourth-order valence-corrected chi connectivity index (χ4v) is 2.24. The van der Waals surface area contributed by atoms with Gasteiger partial charge in [0.2, 0.25) is 0 Å². The molecule has 2 nitrogen and oxygen atoms in total. The van der Waals surface area contributed by atoms with Crippen molar-refractivity contribution in [3.05, 3.63) is 66.4 Å². The van der Waals surface area contributed by atoms with E-state index in [9.17, 15) is 5.11 Å². The van der Waals surface area contributed by atoms with Gasteiger partial charge in [-0.3, -0.25) is 4.98 Å². The van der Waals surface area contributed by atoms with Crippen LogP contribution >= 0.6 is 0 Å². The van der Waals surface area contributed by atoms with Crippen LogP contribution < -0.4 is 0 Å². The second kappa shape index (κ2) is 4.59. The second-order valence-corrected chi connectivity index (χ2v) is 4.20. The van der Waals surface area contributed by atoms with Crippen molar-refractivity contribution < 1.29 is 5.11 Å². The first-order valence-corrected chi connectivity index (χ1v) is 5.93. The molecule has 0 atom stereocenters. The summed E-state index contributed by atoms with van der Waals surface area (Å²) in [5.41, 5.74) is 2.99. The molecule has 2 aromatic carbocycles. The fraction of sp³-hybridized carbons (Fsp3) is 0.0625. The van der Waals surface area contributed by atoms with Gasteiger partial charge in [-0.05, 0) is 17.0 Å². The Morgan fingerprint density at radius 1 is 0.833 bits per heavy atom. The van der Waals surface area contributed by atoms with Gasteiger partial charge in [0.15, 0.2) is 0 Å². The van der Waals surface area contributed by atoms with E-state index >= 15 is 0 Å². The number of hydrogen-bond acceptors (Lipinski definition) is 2. The molecule has 0 saturated carbocycles. The summed E-state index contributed by atoms with van der Waals surface area (Å²) in [5, 5.41) is 11.5. The van der Waals surface area contributed by atoms with Crippen LogP contribution in [0.3, 0.4) is 0 Å². The molecule has 0 spiro atoms. The molecule has 18 heavy (non-hydrogen) atoms. The fourth-order valence-electron chi connectivity index (χ4n) is 2.24. The summed E-state index contributed by atoms with van der Waals surface area (Å²) < 4.78 is 0. The number of aromatic nitrogens is 1. The molecule has 3 rings (SSSR count). The summed E-state index contributed by atoms with van der Waals surface area (Å²) >= 11 is 0. The molecule has 0 saturated heterocycles. The molecule has 1 N–H and O–H groups in total. The van der Waals surface area contributed by atoms with Crippen molar-refractivity contribution in [2.75, 3.05) is 0 Å². The first kappa shape index (κ1) is 10.9. The van der Waals surface area contributed by atoms with Gasteiger partial charge < -0.3 is 5.11 Å². The van der Waals surface area contributed by atoms with Crippen LogP contribution in [-0.2, 0) is 6.61 Å². The molecule has 2 heteroatoms. The molecule has 0 radical (unpaired) electrons. The van der Waals surface area contributed by atoms with Gasteiger partial charge in [0.1, 0.15) is 0 Å². The van der Waals surface area contributed by atoms with Crippen LogP contribution in [0.4, 0.5) is 0 Å². The predicted molar refractivity (Wildman–Crippen MR) is 73.1 cm³/mol. The minimum Gasteiger partial charge on any atom is -0.392 e. The lowest BCUT2D eigenvalue weighted by Crippen LogP contribution is -1.90. The van der Waals surface area contributed by atoms with Gasteiger partial charge >= 0.3 is 0 Å². The topological polar surface area (TPSA) is 33.1 Å². The molecule has 3 aromatic rings. The molecular formula is C16H13NO. The number of pyridine rings is 1. The summed E-state index contributed by atoms with van der Waals surface area (Å²) in [7, 11) is 0. The smallest absolute Gasteiger partial charge is 0.0780 e. The van der Waals surface area contributed by atoms with Crippen molar-refractivity contribution >= 4 is 10.8 Å². The van der Waals surface area contributed by atoms with Gasteiger partial charge in [0.25, 0.3) is 0 Å².